The van der Waals surface area contributed by atoms with Gasteiger partial charge in [0, 0.05) is 0 Å². The average Bonchev–Trinajstić information content (AvgIpc) is 2.03. The molecule has 1 atom stereocenters. The smallest absolute Gasteiger partial charge is 0.0663 e. The molecule has 0 fully saturated rings. The Hall–Kier alpha value is -1.03. The quantitative estimate of drug-likeness (QED) is 0.542. The molecule has 0 heterocycles. The van der Waals surface area contributed by atoms with E-state index in [1.165, 1.54) is 17.6 Å². The minimum Gasteiger partial charge on any atom is -0.198 e. The van der Waals surface area contributed by atoms with E-state index in [4.69, 9.17) is 5.26 Å². The molecule has 0 aromatic heterocycles. The second kappa shape index (κ2) is 4.11. The van der Waals surface area contributed by atoms with E-state index >= 15 is 0 Å². The van der Waals surface area contributed by atoms with Crippen molar-refractivity contribution in [2.45, 2.75) is 33.1 Å². The summed E-state index contributed by atoms with van der Waals surface area (Å²) in [4.78, 5) is 0. The van der Waals surface area contributed by atoms with Crippen LogP contribution in [0.1, 0.15) is 33.1 Å². The van der Waals surface area contributed by atoms with E-state index in [1.54, 1.807) is 0 Å². The maximum atomic E-state index is 8.43. The average molecular weight is 161 g/mol. The van der Waals surface area contributed by atoms with E-state index in [9.17, 15) is 0 Å². The Morgan fingerprint density at radius 2 is 2.42 bits per heavy atom. The molecular formula is C11H15N. The normalized spacial score (nSPS) is 26.6. The standard InChI is InChI=1S/C11H15N/c1-9-5-6-11(4-3-7-12)10(2)8-9/h4,8,10H,3,5-6H2,1-2H3/b11-4-. The summed E-state index contributed by atoms with van der Waals surface area (Å²) >= 11 is 0. The van der Waals surface area contributed by atoms with E-state index in [0.717, 1.165) is 6.42 Å². The Balaban J connectivity index is 2.66. The molecule has 1 nitrogen and oxygen atoms in total. The van der Waals surface area contributed by atoms with Crippen LogP contribution < -0.4 is 0 Å². The van der Waals surface area contributed by atoms with Crippen LogP contribution in [0.5, 0.6) is 0 Å². The van der Waals surface area contributed by atoms with Gasteiger partial charge in [-0.1, -0.05) is 30.2 Å². The molecule has 1 heteroatoms. The molecule has 0 radical (unpaired) electrons. The Morgan fingerprint density at radius 1 is 1.67 bits per heavy atom. The van der Waals surface area contributed by atoms with Gasteiger partial charge in [-0.25, -0.2) is 0 Å². The highest BCUT2D eigenvalue weighted by molar-refractivity contribution is 5.22. The van der Waals surface area contributed by atoms with Gasteiger partial charge in [-0.05, 0) is 25.7 Å². The molecule has 0 aromatic rings. The van der Waals surface area contributed by atoms with Gasteiger partial charge in [0.05, 0.1) is 12.5 Å². The van der Waals surface area contributed by atoms with Crippen molar-refractivity contribution in [2.24, 2.45) is 5.92 Å². The molecule has 64 valence electrons. The molecule has 0 aromatic carbocycles. The number of nitrogens with zero attached hydrogens (tertiary/aromatic N) is 1. The third-order valence-corrected chi connectivity index (χ3v) is 2.38. The van der Waals surface area contributed by atoms with Crippen LogP contribution in [0.3, 0.4) is 0 Å². The number of hydrogen-bond acceptors (Lipinski definition) is 1. The van der Waals surface area contributed by atoms with Crippen molar-refractivity contribution in [1.82, 2.24) is 0 Å². The maximum absolute atomic E-state index is 8.43. The molecule has 1 aliphatic carbocycles. The second-order valence-electron chi connectivity index (χ2n) is 3.44. The SMILES string of the molecule is CC1=CC(C)/C(=C\CC#N)CC1. The first-order chi connectivity index (χ1) is 5.74. The van der Waals surface area contributed by atoms with E-state index < -0.39 is 0 Å². The van der Waals surface area contributed by atoms with Crippen LogP contribution in [-0.2, 0) is 0 Å². The van der Waals surface area contributed by atoms with Gasteiger partial charge in [0.2, 0.25) is 0 Å². The van der Waals surface area contributed by atoms with Gasteiger partial charge in [0.25, 0.3) is 0 Å². The summed E-state index contributed by atoms with van der Waals surface area (Å²) in [5.41, 5.74) is 2.92. The van der Waals surface area contributed by atoms with Crippen molar-refractivity contribution in [1.29, 1.82) is 5.26 Å². The molecule has 1 rings (SSSR count). The van der Waals surface area contributed by atoms with Gasteiger partial charge in [-0.15, -0.1) is 0 Å². The van der Waals surface area contributed by atoms with Crippen LogP contribution >= 0.6 is 0 Å². The Morgan fingerprint density at radius 3 is 3.00 bits per heavy atom. The molecule has 1 aliphatic rings. The lowest BCUT2D eigenvalue weighted by Gasteiger charge is -2.19. The fourth-order valence-corrected chi connectivity index (χ4v) is 1.65. The van der Waals surface area contributed by atoms with Crippen molar-refractivity contribution in [3.05, 3.63) is 23.3 Å². The lowest BCUT2D eigenvalue weighted by molar-refractivity contribution is 0.715. The van der Waals surface area contributed by atoms with Crippen LogP contribution in [0.15, 0.2) is 23.3 Å². The van der Waals surface area contributed by atoms with E-state index in [-0.39, 0.29) is 0 Å². The predicted molar refractivity (Wildman–Crippen MR) is 50.5 cm³/mol. The highest BCUT2D eigenvalue weighted by Crippen LogP contribution is 2.27. The zero-order chi connectivity index (χ0) is 8.97. The Bertz CT molecular complexity index is 253. The van der Waals surface area contributed by atoms with Gasteiger partial charge in [-0.3, -0.25) is 0 Å². The van der Waals surface area contributed by atoms with Crippen LogP contribution in [0.25, 0.3) is 0 Å². The third kappa shape index (κ3) is 2.23. The lowest BCUT2D eigenvalue weighted by atomic mass is 9.87. The minimum absolute atomic E-state index is 0.548. The summed E-state index contributed by atoms with van der Waals surface area (Å²) in [6.45, 7) is 4.38. The van der Waals surface area contributed by atoms with Gasteiger partial charge < -0.3 is 0 Å². The topological polar surface area (TPSA) is 23.8 Å². The summed E-state index contributed by atoms with van der Waals surface area (Å²) in [6.07, 6.45) is 7.25. The zero-order valence-corrected chi connectivity index (χ0v) is 7.80. The summed E-state index contributed by atoms with van der Waals surface area (Å²) in [5.74, 6) is 0.548. The summed E-state index contributed by atoms with van der Waals surface area (Å²) < 4.78 is 0. The molecular weight excluding hydrogens is 146 g/mol. The van der Waals surface area contributed by atoms with Crippen LogP contribution in [-0.4, -0.2) is 0 Å². The van der Waals surface area contributed by atoms with E-state index in [2.05, 4.69) is 32.1 Å². The van der Waals surface area contributed by atoms with Gasteiger partial charge in [0.15, 0.2) is 0 Å². The maximum Gasteiger partial charge on any atom is 0.0663 e. The number of rotatable bonds is 1. The van der Waals surface area contributed by atoms with Gasteiger partial charge in [-0.2, -0.15) is 5.26 Å². The van der Waals surface area contributed by atoms with Crippen molar-refractivity contribution >= 4 is 0 Å². The fraction of sp³-hybridized carbons (Fsp3) is 0.545. The van der Waals surface area contributed by atoms with Crippen molar-refractivity contribution in [3.63, 3.8) is 0 Å². The summed E-state index contributed by atoms with van der Waals surface area (Å²) in [5, 5.41) is 8.43. The van der Waals surface area contributed by atoms with Crippen LogP contribution in [0.4, 0.5) is 0 Å². The van der Waals surface area contributed by atoms with Crippen LogP contribution in [0, 0.1) is 17.2 Å². The Labute approximate surface area is 74.4 Å². The van der Waals surface area contributed by atoms with Gasteiger partial charge in [0.1, 0.15) is 0 Å². The molecule has 0 spiro atoms. The largest absolute Gasteiger partial charge is 0.198 e. The monoisotopic (exact) mass is 161 g/mol. The van der Waals surface area contributed by atoms with Crippen molar-refractivity contribution < 1.29 is 0 Å². The molecule has 0 saturated heterocycles. The highest BCUT2D eigenvalue weighted by Gasteiger charge is 2.11. The first-order valence-corrected chi connectivity index (χ1v) is 4.47. The third-order valence-electron chi connectivity index (χ3n) is 2.38. The zero-order valence-electron chi connectivity index (χ0n) is 7.80. The summed E-state index contributed by atoms with van der Waals surface area (Å²) in [7, 11) is 0. The molecule has 0 aliphatic heterocycles. The summed E-state index contributed by atoms with van der Waals surface area (Å²) in [6, 6.07) is 2.15. The van der Waals surface area contributed by atoms with Gasteiger partial charge >= 0.3 is 0 Å². The van der Waals surface area contributed by atoms with Crippen molar-refractivity contribution in [3.8, 4) is 6.07 Å². The molecule has 0 N–H and O–H groups in total. The first-order valence-electron chi connectivity index (χ1n) is 4.47. The first kappa shape index (κ1) is 9.06. The van der Waals surface area contributed by atoms with Crippen LogP contribution in [0.2, 0.25) is 0 Å². The minimum atomic E-state index is 0.548. The van der Waals surface area contributed by atoms with E-state index in [1.807, 2.05) is 0 Å². The second-order valence-corrected chi connectivity index (χ2v) is 3.44. The lowest BCUT2D eigenvalue weighted by Crippen LogP contribution is -2.03. The fourth-order valence-electron chi connectivity index (χ4n) is 1.65. The molecule has 0 saturated carbocycles. The molecule has 12 heavy (non-hydrogen) atoms. The van der Waals surface area contributed by atoms with E-state index in [0.29, 0.717) is 12.3 Å². The predicted octanol–water partition coefficient (Wildman–Crippen LogP) is 3.20. The number of hydrogen-bond donors (Lipinski definition) is 0. The number of allylic oxidation sites excluding steroid dienone is 4. The highest BCUT2D eigenvalue weighted by atomic mass is 14.2. The molecule has 1 unspecified atom stereocenters. The molecule has 0 amide bonds. The number of nitriles is 1. The van der Waals surface area contributed by atoms with Crippen molar-refractivity contribution in [2.75, 3.05) is 0 Å². The molecule has 0 bridgehead atoms. The Kier molecular flexibility index (Phi) is 3.10.